The van der Waals surface area contributed by atoms with E-state index in [1.54, 1.807) is 0 Å². The molecule has 0 radical (unpaired) electrons. The number of hydrogen-bond donors (Lipinski definition) is 3. The molecular weight excluding hydrogens is 214 g/mol. The zero-order chi connectivity index (χ0) is 12.3. The zero-order valence-electron chi connectivity index (χ0n) is 10.1. The monoisotopic (exact) mass is 233 g/mol. The summed E-state index contributed by atoms with van der Waals surface area (Å²) in [4.78, 5) is 11.6. The van der Waals surface area contributed by atoms with Crippen molar-refractivity contribution in [2.24, 2.45) is 5.73 Å². The van der Waals surface area contributed by atoms with Crippen molar-refractivity contribution in [2.75, 3.05) is 0 Å². The van der Waals surface area contributed by atoms with Gasteiger partial charge in [0.05, 0.1) is 6.04 Å². The van der Waals surface area contributed by atoms with Gasteiger partial charge in [0.25, 0.3) is 0 Å². The van der Waals surface area contributed by atoms with Crippen LogP contribution in [0.5, 0.6) is 0 Å². The standard InChI is InChI=1S/C13H19N3O/c1-9(15-13(17)16-12-6-7-12)11-4-2-10(8-14)3-5-11/h2-5,9,12H,6-8,14H2,1H3,(H2,15,16,17). The first-order valence-corrected chi connectivity index (χ1v) is 6.05. The zero-order valence-corrected chi connectivity index (χ0v) is 10.1. The van der Waals surface area contributed by atoms with Gasteiger partial charge in [0.15, 0.2) is 0 Å². The van der Waals surface area contributed by atoms with Gasteiger partial charge >= 0.3 is 6.03 Å². The Morgan fingerprint density at radius 1 is 1.41 bits per heavy atom. The summed E-state index contributed by atoms with van der Waals surface area (Å²) in [6, 6.07) is 8.32. The summed E-state index contributed by atoms with van der Waals surface area (Å²) in [6.45, 7) is 2.52. The third-order valence-corrected chi connectivity index (χ3v) is 2.98. The lowest BCUT2D eigenvalue weighted by atomic mass is 10.1. The van der Waals surface area contributed by atoms with Crippen LogP contribution in [-0.2, 0) is 6.54 Å². The average molecular weight is 233 g/mol. The lowest BCUT2D eigenvalue weighted by Gasteiger charge is -2.15. The van der Waals surface area contributed by atoms with Crippen LogP contribution in [0.15, 0.2) is 24.3 Å². The Balaban J connectivity index is 1.88. The quantitative estimate of drug-likeness (QED) is 0.740. The Morgan fingerprint density at radius 2 is 2.06 bits per heavy atom. The molecule has 2 rings (SSSR count). The molecule has 17 heavy (non-hydrogen) atoms. The van der Waals surface area contributed by atoms with Crippen molar-refractivity contribution in [3.05, 3.63) is 35.4 Å². The second-order valence-corrected chi connectivity index (χ2v) is 4.56. The van der Waals surface area contributed by atoms with Crippen LogP contribution < -0.4 is 16.4 Å². The summed E-state index contributed by atoms with van der Waals surface area (Å²) in [5, 5.41) is 5.83. The summed E-state index contributed by atoms with van der Waals surface area (Å²) >= 11 is 0. The number of carbonyl (C=O) groups is 1. The Kier molecular flexibility index (Phi) is 3.64. The molecule has 92 valence electrons. The van der Waals surface area contributed by atoms with Crippen molar-refractivity contribution < 1.29 is 4.79 Å². The summed E-state index contributed by atoms with van der Waals surface area (Å²) in [6.07, 6.45) is 2.21. The molecule has 0 aliphatic heterocycles. The van der Waals surface area contributed by atoms with E-state index in [4.69, 9.17) is 5.73 Å². The minimum Gasteiger partial charge on any atom is -0.335 e. The van der Waals surface area contributed by atoms with Crippen LogP contribution in [-0.4, -0.2) is 12.1 Å². The molecule has 1 unspecified atom stereocenters. The first kappa shape index (κ1) is 11.9. The normalized spacial score (nSPS) is 16.4. The second kappa shape index (κ2) is 5.19. The molecule has 0 heterocycles. The minimum absolute atomic E-state index is 0.0144. The van der Waals surface area contributed by atoms with E-state index in [0.29, 0.717) is 12.6 Å². The number of rotatable bonds is 4. The fourth-order valence-corrected chi connectivity index (χ4v) is 1.68. The number of hydrogen-bond acceptors (Lipinski definition) is 2. The Hall–Kier alpha value is -1.55. The van der Waals surface area contributed by atoms with Crippen LogP contribution in [0.1, 0.15) is 36.9 Å². The molecule has 2 amide bonds. The van der Waals surface area contributed by atoms with Gasteiger partial charge in [-0.25, -0.2) is 4.79 Å². The highest BCUT2D eigenvalue weighted by molar-refractivity contribution is 5.75. The fraction of sp³-hybridized carbons (Fsp3) is 0.462. The molecule has 0 aromatic heterocycles. The van der Waals surface area contributed by atoms with Gasteiger partial charge < -0.3 is 16.4 Å². The molecule has 1 aliphatic carbocycles. The smallest absolute Gasteiger partial charge is 0.315 e. The largest absolute Gasteiger partial charge is 0.335 e. The van der Waals surface area contributed by atoms with Crippen molar-refractivity contribution >= 4 is 6.03 Å². The maximum absolute atomic E-state index is 11.6. The number of carbonyl (C=O) groups excluding carboxylic acids is 1. The van der Waals surface area contributed by atoms with Gasteiger partial charge in [0, 0.05) is 12.6 Å². The van der Waals surface area contributed by atoms with Crippen molar-refractivity contribution in [3.63, 3.8) is 0 Å². The van der Waals surface area contributed by atoms with E-state index in [-0.39, 0.29) is 12.1 Å². The van der Waals surface area contributed by atoms with E-state index in [9.17, 15) is 4.79 Å². The highest BCUT2D eigenvalue weighted by Gasteiger charge is 2.23. The van der Waals surface area contributed by atoms with E-state index in [0.717, 1.165) is 24.0 Å². The number of urea groups is 1. The molecule has 1 aliphatic rings. The van der Waals surface area contributed by atoms with Crippen molar-refractivity contribution in [1.29, 1.82) is 0 Å². The van der Waals surface area contributed by atoms with Gasteiger partial charge in [-0.05, 0) is 30.9 Å². The van der Waals surface area contributed by atoms with Crippen molar-refractivity contribution in [2.45, 2.75) is 38.4 Å². The molecule has 4 heteroatoms. The summed E-state index contributed by atoms with van der Waals surface area (Å²) < 4.78 is 0. The topological polar surface area (TPSA) is 67.2 Å². The van der Waals surface area contributed by atoms with Gasteiger partial charge in [0.1, 0.15) is 0 Å². The van der Waals surface area contributed by atoms with Crippen molar-refractivity contribution in [1.82, 2.24) is 10.6 Å². The van der Waals surface area contributed by atoms with Crippen LogP contribution >= 0.6 is 0 Å². The molecule has 0 bridgehead atoms. The van der Waals surface area contributed by atoms with Gasteiger partial charge in [-0.3, -0.25) is 0 Å². The van der Waals surface area contributed by atoms with E-state index in [2.05, 4.69) is 10.6 Å². The molecule has 1 saturated carbocycles. The molecule has 4 nitrogen and oxygen atoms in total. The Morgan fingerprint density at radius 3 is 2.59 bits per heavy atom. The SMILES string of the molecule is CC(NC(=O)NC1CC1)c1ccc(CN)cc1. The maximum atomic E-state index is 11.6. The summed E-state index contributed by atoms with van der Waals surface area (Å²) in [5.41, 5.74) is 7.73. The van der Waals surface area contributed by atoms with Crippen LogP contribution in [0, 0.1) is 0 Å². The van der Waals surface area contributed by atoms with E-state index in [1.807, 2.05) is 31.2 Å². The Bertz CT molecular complexity index is 384. The minimum atomic E-state index is -0.0806. The van der Waals surface area contributed by atoms with Crippen LogP contribution in [0.3, 0.4) is 0 Å². The fourth-order valence-electron chi connectivity index (χ4n) is 1.68. The molecule has 0 saturated heterocycles. The first-order chi connectivity index (χ1) is 8.19. The summed E-state index contributed by atoms with van der Waals surface area (Å²) in [5.74, 6) is 0. The average Bonchev–Trinajstić information content (AvgIpc) is 3.12. The number of nitrogens with one attached hydrogen (secondary N) is 2. The molecule has 0 spiro atoms. The number of amides is 2. The van der Waals surface area contributed by atoms with E-state index < -0.39 is 0 Å². The second-order valence-electron chi connectivity index (χ2n) is 4.56. The molecule has 1 aromatic carbocycles. The highest BCUT2D eigenvalue weighted by atomic mass is 16.2. The van der Waals surface area contributed by atoms with Crippen LogP contribution in [0.4, 0.5) is 4.79 Å². The van der Waals surface area contributed by atoms with Gasteiger partial charge in [-0.15, -0.1) is 0 Å². The lowest BCUT2D eigenvalue weighted by Crippen LogP contribution is -2.38. The predicted octanol–water partition coefficient (Wildman–Crippen LogP) is 1.67. The lowest BCUT2D eigenvalue weighted by molar-refractivity contribution is 0.237. The van der Waals surface area contributed by atoms with Crippen molar-refractivity contribution in [3.8, 4) is 0 Å². The third-order valence-electron chi connectivity index (χ3n) is 2.98. The first-order valence-electron chi connectivity index (χ1n) is 6.05. The van der Waals surface area contributed by atoms with Crippen LogP contribution in [0.2, 0.25) is 0 Å². The number of nitrogens with two attached hydrogens (primary N) is 1. The van der Waals surface area contributed by atoms with E-state index >= 15 is 0 Å². The molecule has 4 N–H and O–H groups in total. The summed E-state index contributed by atoms with van der Waals surface area (Å²) in [7, 11) is 0. The molecule has 1 atom stereocenters. The molecular formula is C13H19N3O. The van der Waals surface area contributed by atoms with E-state index in [1.165, 1.54) is 0 Å². The van der Waals surface area contributed by atoms with Crippen LogP contribution in [0.25, 0.3) is 0 Å². The predicted molar refractivity (Wildman–Crippen MR) is 67.4 cm³/mol. The third kappa shape index (κ3) is 3.46. The highest BCUT2D eigenvalue weighted by Crippen LogP contribution is 2.19. The van der Waals surface area contributed by atoms with Gasteiger partial charge in [-0.1, -0.05) is 24.3 Å². The van der Waals surface area contributed by atoms with Gasteiger partial charge in [-0.2, -0.15) is 0 Å². The number of benzene rings is 1. The molecule has 1 fully saturated rings. The Labute approximate surface area is 102 Å². The molecule has 1 aromatic rings. The van der Waals surface area contributed by atoms with Gasteiger partial charge in [0.2, 0.25) is 0 Å². The maximum Gasteiger partial charge on any atom is 0.315 e.